The van der Waals surface area contributed by atoms with E-state index >= 15 is 0 Å². The van der Waals surface area contributed by atoms with Gasteiger partial charge in [0.1, 0.15) is 5.76 Å². The Morgan fingerprint density at radius 1 is 1.37 bits per heavy atom. The number of benzene rings is 1. The number of nitrogens with one attached hydrogen (secondary N) is 2. The molecule has 0 bridgehead atoms. The van der Waals surface area contributed by atoms with Crippen LogP contribution in [-0.2, 0) is 16.3 Å². The fraction of sp³-hybridized carbons (Fsp3) is 0.474. The van der Waals surface area contributed by atoms with Crippen molar-refractivity contribution < 1.29 is 22.8 Å². The van der Waals surface area contributed by atoms with Crippen LogP contribution in [0.5, 0.6) is 0 Å². The van der Waals surface area contributed by atoms with Gasteiger partial charge in [0, 0.05) is 37.1 Å². The van der Waals surface area contributed by atoms with E-state index in [0.29, 0.717) is 49.1 Å². The number of carbonyl (C=O) groups is 1. The van der Waals surface area contributed by atoms with Crippen molar-refractivity contribution in [2.75, 3.05) is 31.6 Å². The number of carbonyl (C=O) groups excluding carboxylic acids is 1. The molecule has 0 aliphatic carbocycles. The average Bonchev–Trinajstić information content (AvgIpc) is 3.13. The van der Waals surface area contributed by atoms with Crippen LogP contribution in [0.15, 0.2) is 39.8 Å². The summed E-state index contributed by atoms with van der Waals surface area (Å²) in [6.45, 7) is 3.06. The molecule has 2 aromatic rings. The standard InChI is InChI=1S/C19H25ClN4O5S/c1-2-15-9-18(23-29-15)22-19(26)21-14(12-25)7-8-24-10-17(11-24)30(27,28)16-5-3-13(20)4-6-16/h3-6,9,14,17,25H,2,7-8,10-12H2,1H3,(H2,21,22,23,26)/t14-/m0/s1. The summed E-state index contributed by atoms with van der Waals surface area (Å²) < 4.78 is 30.3. The van der Waals surface area contributed by atoms with Gasteiger partial charge in [-0.15, -0.1) is 0 Å². The summed E-state index contributed by atoms with van der Waals surface area (Å²) in [4.78, 5) is 14.3. The second-order valence-electron chi connectivity index (χ2n) is 7.18. The van der Waals surface area contributed by atoms with E-state index < -0.39 is 27.2 Å². The number of nitrogens with zero attached hydrogens (tertiary/aromatic N) is 2. The molecule has 1 aromatic carbocycles. The Morgan fingerprint density at radius 2 is 2.07 bits per heavy atom. The van der Waals surface area contributed by atoms with E-state index in [-0.39, 0.29) is 11.5 Å². The monoisotopic (exact) mass is 456 g/mol. The van der Waals surface area contributed by atoms with Gasteiger partial charge in [0.25, 0.3) is 0 Å². The first-order valence-corrected chi connectivity index (χ1v) is 11.6. The molecule has 30 heavy (non-hydrogen) atoms. The summed E-state index contributed by atoms with van der Waals surface area (Å²) in [6, 6.07) is 6.85. The van der Waals surface area contributed by atoms with Crippen LogP contribution in [0, 0.1) is 0 Å². The topological polar surface area (TPSA) is 125 Å². The highest BCUT2D eigenvalue weighted by atomic mass is 35.5. The molecule has 1 atom stereocenters. The molecule has 11 heteroatoms. The first-order valence-electron chi connectivity index (χ1n) is 9.67. The van der Waals surface area contributed by atoms with Gasteiger partial charge in [0.05, 0.1) is 22.8 Å². The van der Waals surface area contributed by atoms with E-state index in [1.807, 2.05) is 11.8 Å². The van der Waals surface area contributed by atoms with Crippen molar-refractivity contribution in [3.8, 4) is 0 Å². The third kappa shape index (κ3) is 5.51. The van der Waals surface area contributed by atoms with E-state index in [9.17, 15) is 18.3 Å². The van der Waals surface area contributed by atoms with Crippen LogP contribution in [0.4, 0.5) is 10.6 Å². The van der Waals surface area contributed by atoms with Gasteiger partial charge in [-0.2, -0.15) is 0 Å². The van der Waals surface area contributed by atoms with Crippen molar-refractivity contribution in [2.24, 2.45) is 0 Å². The molecule has 0 saturated carbocycles. The maximum atomic E-state index is 12.6. The summed E-state index contributed by atoms with van der Waals surface area (Å²) in [5.41, 5.74) is 0. The number of likely N-dealkylation sites (tertiary alicyclic amines) is 1. The van der Waals surface area contributed by atoms with Crippen molar-refractivity contribution in [2.45, 2.75) is 36.0 Å². The molecule has 2 amide bonds. The van der Waals surface area contributed by atoms with Crippen molar-refractivity contribution in [1.82, 2.24) is 15.4 Å². The molecule has 2 heterocycles. The Morgan fingerprint density at radius 3 is 2.67 bits per heavy atom. The summed E-state index contributed by atoms with van der Waals surface area (Å²) in [6.07, 6.45) is 1.15. The molecule has 0 radical (unpaired) electrons. The number of halogens is 1. The van der Waals surface area contributed by atoms with Gasteiger partial charge < -0.3 is 19.8 Å². The van der Waals surface area contributed by atoms with E-state index in [1.54, 1.807) is 18.2 Å². The molecule has 0 unspecified atom stereocenters. The Kier molecular flexibility index (Phi) is 7.35. The number of urea groups is 1. The summed E-state index contributed by atoms with van der Waals surface area (Å²) >= 11 is 5.82. The zero-order valence-electron chi connectivity index (χ0n) is 16.5. The van der Waals surface area contributed by atoms with Gasteiger partial charge in [-0.05, 0) is 30.7 Å². The summed E-state index contributed by atoms with van der Waals surface area (Å²) in [5.74, 6) is 0.962. The highest BCUT2D eigenvalue weighted by molar-refractivity contribution is 7.92. The molecule has 1 aliphatic heterocycles. The van der Waals surface area contributed by atoms with Crippen LogP contribution in [0.1, 0.15) is 19.1 Å². The normalized spacial score (nSPS) is 16.1. The van der Waals surface area contributed by atoms with Gasteiger partial charge in [-0.1, -0.05) is 23.7 Å². The van der Waals surface area contributed by atoms with Gasteiger partial charge >= 0.3 is 6.03 Å². The third-order valence-electron chi connectivity index (χ3n) is 5.00. The van der Waals surface area contributed by atoms with E-state index in [1.165, 1.54) is 12.1 Å². The van der Waals surface area contributed by atoms with Gasteiger partial charge in [-0.3, -0.25) is 5.32 Å². The van der Waals surface area contributed by atoms with Crippen molar-refractivity contribution in [3.05, 3.63) is 41.1 Å². The van der Waals surface area contributed by atoms with Gasteiger partial charge in [-0.25, -0.2) is 13.2 Å². The molecule has 0 spiro atoms. The van der Waals surface area contributed by atoms with Gasteiger partial charge in [0.15, 0.2) is 15.7 Å². The van der Waals surface area contributed by atoms with Crippen molar-refractivity contribution in [1.29, 1.82) is 0 Å². The minimum atomic E-state index is -3.40. The first-order chi connectivity index (χ1) is 14.3. The largest absolute Gasteiger partial charge is 0.394 e. The number of hydrogen-bond acceptors (Lipinski definition) is 7. The summed E-state index contributed by atoms with van der Waals surface area (Å²) in [7, 11) is -3.40. The molecule has 1 aliphatic rings. The molecule has 1 fully saturated rings. The zero-order chi connectivity index (χ0) is 21.7. The number of sulfone groups is 1. The van der Waals surface area contributed by atoms with Crippen LogP contribution < -0.4 is 10.6 Å². The smallest absolute Gasteiger partial charge is 0.320 e. The Hall–Kier alpha value is -2.14. The number of hydrogen-bond donors (Lipinski definition) is 3. The van der Waals surface area contributed by atoms with Crippen LogP contribution in [0.3, 0.4) is 0 Å². The van der Waals surface area contributed by atoms with Crippen molar-refractivity contribution >= 4 is 33.3 Å². The minimum Gasteiger partial charge on any atom is -0.394 e. The number of aliphatic hydroxyl groups excluding tert-OH is 1. The van der Waals surface area contributed by atoms with Crippen LogP contribution in [0.25, 0.3) is 0 Å². The van der Waals surface area contributed by atoms with E-state index in [2.05, 4.69) is 15.8 Å². The third-order valence-corrected chi connectivity index (χ3v) is 7.36. The summed E-state index contributed by atoms with van der Waals surface area (Å²) in [5, 5.41) is 18.5. The lowest BCUT2D eigenvalue weighted by atomic mass is 10.1. The minimum absolute atomic E-state index is 0.229. The maximum Gasteiger partial charge on any atom is 0.320 e. The SMILES string of the molecule is CCc1cc(NC(=O)N[C@H](CO)CCN2CC(S(=O)(=O)c3ccc(Cl)cc3)C2)no1. The molecule has 3 rings (SSSR count). The molecular formula is C19H25ClN4O5S. The van der Waals surface area contributed by atoms with E-state index in [0.717, 1.165) is 0 Å². The molecule has 1 saturated heterocycles. The lowest BCUT2D eigenvalue weighted by Gasteiger charge is -2.39. The average molecular weight is 457 g/mol. The molecular weight excluding hydrogens is 432 g/mol. The quantitative estimate of drug-likeness (QED) is 0.526. The molecule has 164 valence electrons. The fourth-order valence-corrected chi connectivity index (χ4v) is 4.98. The Labute approximate surface area is 180 Å². The lowest BCUT2D eigenvalue weighted by Crippen LogP contribution is -2.55. The molecule has 3 N–H and O–H groups in total. The van der Waals surface area contributed by atoms with Crippen LogP contribution in [0.2, 0.25) is 5.02 Å². The van der Waals surface area contributed by atoms with Gasteiger partial charge in [0.2, 0.25) is 0 Å². The first kappa shape index (κ1) is 22.5. The molecule has 1 aromatic heterocycles. The highest BCUT2D eigenvalue weighted by Crippen LogP contribution is 2.25. The fourth-order valence-electron chi connectivity index (χ4n) is 3.14. The molecule has 9 nitrogen and oxygen atoms in total. The number of aryl methyl sites for hydroxylation is 1. The van der Waals surface area contributed by atoms with Crippen molar-refractivity contribution in [3.63, 3.8) is 0 Å². The number of aliphatic hydroxyl groups is 1. The maximum absolute atomic E-state index is 12.6. The predicted molar refractivity (Wildman–Crippen MR) is 112 cm³/mol. The number of amides is 2. The number of anilines is 1. The predicted octanol–water partition coefficient (Wildman–Crippen LogP) is 1.92. The lowest BCUT2D eigenvalue weighted by molar-refractivity contribution is 0.160. The number of rotatable bonds is 9. The second-order valence-corrected chi connectivity index (χ2v) is 9.84. The van der Waals surface area contributed by atoms with Crippen LogP contribution >= 0.6 is 11.6 Å². The highest BCUT2D eigenvalue weighted by Gasteiger charge is 2.38. The Bertz CT molecular complexity index is 958. The second kappa shape index (κ2) is 9.78. The van der Waals surface area contributed by atoms with E-state index in [4.69, 9.17) is 16.1 Å². The zero-order valence-corrected chi connectivity index (χ0v) is 18.1. The van der Waals surface area contributed by atoms with Crippen LogP contribution in [-0.4, -0.2) is 67.1 Å². The Balaban J connectivity index is 1.42. The number of aromatic nitrogens is 1.